The molecule has 1 fully saturated rings. The van der Waals surface area contributed by atoms with E-state index in [9.17, 15) is 0 Å². The number of hydrogen-bond acceptors (Lipinski definition) is 3. The van der Waals surface area contributed by atoms with Crippen LogP contribution in [0.15, 0.2) is 30.3 Å². The molecular weight excluding hydrogens is 240 g/mol. The highest BCUT2D eigenvalue weighted by atomic mass is 32.2. The van der Waals surface area contributed by atoms with Gasteiger partial charge in [-0.1, -0.05) is 30.3 Å². The molecule has 1 heterocycles. The molecule has 1 unspecified atom stereocenters. The van der Waals surface area contributed by atoms with Crippen LogP contribution in [0.4, 0.5) is 0 Å². The lowest BCUT2D eigenvalue weighted by Crippen LogP contribution is -2.54. The standard InChI is InChI=1S/C15H24N2S/c1-15(13-16,17-9-11-18-12-10-17)8-7-14-5-3-2-4-6-14/h2-6H,7-13,16H2,1H3. The topological polar surface area (TPSA) is 29.3 Å². The fourth-order valence-corrected chi connectivity index (χ4v) is 3.45. The fourth-order valence-electron chi connectivity index (χ4n) is 2.55. The zero-order chi connectivity index (χ0) is 12.8. The predicted molar refractivity (Wildman–Crippen MR) is 81.1 cm³/mol. The number of thioether (sulfide) groups is 1. The third kappa shape index (κ3) is 3.50. The monoisotopic (exact) mass is 264 g/mol. The van der Waals surface area contributed by atoms with E-state index in [0.29, 0.717) is 0 Å². The SMILES string of the molecule is CC(CN)(CCc1ccccc1)N1CCSCC1. The van der Waals surface area contributed by atoms with E-state index in [2.05, 4.69) is 53.9 Å². The van der Waals surface area contributed by atoms with Gasteiger partial charge in [0.05, 0.1) is 0 Å². The van der Waals surface area contributed by atoms with Gasteiger partial charge in [0.1, 0.15) is 0 Å². The van der Waals surface area contributed by atoms with Gasteiger partial charge < -0.3 is 5.73 Å². The summed E-state index contributed by atoms with van der Waals surface area (Å²) < 4.78 is 0. The van der Waals surface area contributed by atoms with Crippen molar-refractivity contribution in [2.45, 2.75) is 25.3 Å². The van der Waals surface area contributed by atoms with Crippen molar-refractivity contribution in [2.75, 3.05) is 31.1 Å². The normalized spacial score (nSPS) is 20.6. The summed E-state index contributed by atoms with van der Waals surface area (Å²) in [7, 11) is 0. The largest absolute Gasteiger partial charge is 0.329 e. The van der Waals surface area contributed by atoms with Crippen LogP contribution in [0.2, 0.25) is 0 Å². The van der Waals surface area contributed by atoms with Crippen LogP contribution in [0.5, 0.6) is 0 Å². The van der Waals surface area contributed by atoms with E-state index in [1.807, 2.05) is 0 Å². The van der Waals surface area contributed by atoms with Crippen LogP contribution in [-0.2, 0) is 6.42 Å². The Morgan fingerprint density at radius 1 is 1.22 bits per heavy atom. The van der Waals surface area contributed by atoms with Crippen LogP contribution in [0.1, 0.15) is 18.9 Å². The number of nitrogens with zero attached hydrogens (tertiary/aromatic N) is 1. The minimum Gasteiger partial charge on any atom is -0.329 e. The van der Waals surface area contributed by atoms with Crippen molar-refractivity contribution in [2.24, 2.45) is 5.73 Å². The zero-order valence-electron chi connectivity index (χ0n) is 11.3. The van der Waals surface area contributed by atoms with Crippen LogP contribution < -0.4 is 5.73 Å². The molecule has 0 amide bonds. The highest BCUT2D eigenvalue weighted by Gasteiger charge is 2.30. The van der Waals surface area contributed by atoms with E-state index in [1.165, 1.54) is 30.2 Å². The summed E-state index contributed by atoms with van der Waals surface area (Å²) >= 11 is 2.06. The molecule has 1 saturated heterocycles. The minimum absolute atomic E-state index is 0.164. The predicted octanol–water partition coefficient (Wildman–Crippen LogP) is 2.39. The summed E-state index contributed by atoms with van der Waals surface area (Å²) in [5.74, 6) is 2.50. The first-order chi connectivity index (χ1) is 8.74. The van der Waals surface area contributed by atoms with Gasteiger partial charge >= 0.3 is 0 Å². The van der Waals surface area contributed by atoms with Gasteiger partial charge in [0, 0.05) is 36.7 Å². The second-order valence-electron chi connectivity index (χ2n) is 5.29. The van der Waals surface area contributed by atoms with Crippen LogP contribution in [0.3, 0.4) is 0 Å². The molecule has 0 aromatic heterocycles. The summed E-state index contributed by atoms with van der Waals surface area (Å²) in [6.45, 7) is 5.46. The smallest absolute Gasteiger partial charge is 0.0307 e. The summed E-state index contributed by atoms with van der Waals surface area (Å²) in [4.78, 5) is 2.59. The van der Waals surface area contributed by atoms with Gasteiger partial charge in [-0.05, 0) is 25.3 Å². The fraction of sp³-hybridized carbons (Fsp3) is 0.600. The molecule has 3 heteroatoms. The van der Waals surface area contributed by atoms with Gasteiger partial charge in [0.2, 0.25) is 0 Å². The summed E-state index contributed by atoms with van der Waals surface area (Å²) in [6, 6.07) is 10.7. The lowest BCUT2D eigenvalue weighted by Gasteiger charge is -2.43. The van der Waals surface area contributed by atoms with Gasteiger partial charge in [0.25, 0.3) is 0 Å². The van der Waals surface area contributed by atoms with Crippen molar-refractivity contribution in [1.82, 2.24) is 4.90 Å². The molecule has 2 nitrogen and oxygen atoms in total. The van der Waals surface area contributed by atoms with Crippen molar-refractivity contribution in [3.8, 4) is 0 Å². The molecule has 2 rings (SSSR count). The molecule has 1 aliphatic rings. The number of rotatable bonds is 5. The average molecular weight is 264 g/mol. The highest BCUT2D eigenvalue weighted by molar-refractivity contribution is 7.99. The summed E-state index contributed by atoms with van der Waals surface area (Å²) in [6.07, 6.45) is 2.27. The van der Waals surface area contributed by atoms with Crippen LogP contribution >= 0.6 is 11.8 Å². The van der Waals surface area contributed by atoms with Crippen molar-refractivity contribution in [1.29, 1.82) is 0 Å². The summed E-state index contributed by atoms with van der Waals surface area (Å²) in [5.41, 5.74) is 7.64. The minimum atomic E-state index is 0.164. The number of nitrogens with two attached hydrogens (primary N) is 1. The van der Waals surface area contributed by atoms with E-state index in [1.54, 1.807) is 0 Å². The molecule has 1 aromatic rings. The number of benzene rings is 1. The van der Waals surface area contributed by atoms with Crippen molar-refractivity contribution >= 4 is 11.8 Å². The van der Waals surface area contributed by atoms with Crippen molar-refractivity contribution < 1.29 is 0 Å². The van der Waals surface area contributed by atoms with Gasteiger partial charge in [0.15, 0.2) is 0 Å². The number of hydrogen-bond donors (Lipinski definition) is 1. The van der Waals surface area contributed by atoms with Gasteiger partial charge in [-0.15, -0.1) is 0 Å². The Morgan fingerprint density at radius 2 is 1.89 bits per heavy atom. The second kappa shape index (κ2) is 6.60. The van der Waals surface area contributed by atoms with Gasteiger partial charge in [-0.25, -0.2) is 0 Å². The number of aryl methyl sites for hydroxylation is 1. The first kappa shape index (κ1) is 13.9. The molecule has 0 saturated carbocycles. The first-order valence-electron chi connectivity index (χ1n) is 6.81. The molecule has 0 radical (unpaired) electrons. The molecule has 100 valence electrons. The third-order valence-corrected chi connectivity index (χ3v) is 4.95. The average Bonchev–Trinajstić information content (AvgIpc) is 2.47. The lowest BCUT2D eigenvalue weighted by atomic mass is 9.91. The molecule has 0 bridgehead atoms. The van der Waals surface area contributed by atoms with Gasteiger partial charge in [-0.2, -0.15) is 11.8 Å². The molecule has 2 N–H and O–H groups in total. The Bertz CT molecular complexity index is 349. The van der Waals surface area contributed by atoms with Crippen molar-refractivity contribution in [3.05, 3.63) is 35.9 Å². The van der Waals surface area contributed by atoms with E-state index < -0.39 is 0 Å². The molecule has 0 spiro atoms. The Balaban J connectivity index is 1.94. The molecule has 1 atom stereocenters. The highest BCUT2D eigenvalue weighted by Crippen LogP contribution is 2.24. The van der Waals surface area contributed by atoms with E-state index in [-0.39, 0.29) is 5.54 Å². The third-order valence-electron chi connectivity index (χ3n) is 4.01. The van der Waals surface area contributed by atoms with Gasteiger partial charge in [-0.3, -0.25) is 4.90 Å². The molecule has 1 aromatic carbocycles. The van der Waals surface area contributed by atoms with E-state index in [0.717, 1.165) is 19.4 Å². The van der Waals surface area contributed by atoms with Crippen LogP contribution in [-0.4, -0.2) is 41.6 Å². The Morgan fingerprint density at radius 3 is 2.50 bits per heavy atom. The lowest BCUT2D eigenvalue weighted by molar-refractivity contribution is 0.114. The quantitative estimate of drug-likeness (QED) is 0.885. The maximum Gasteiger partial charge on any atom is 0.0307 e. The Hall–Kier alpha value is -0.510. The van der Waals surface area contributed by atoms with Crippen LogP contribution in [0.25, 0.3) is 0 Å². The van der Waals surface area contributed by atoms with Crippen molar-refractivity contribution in [3.63, 3.8) is 0 Å². The summed E-state index contributed by atoms with van der Waals surface area (Å²) in [5, 5.41) is 0. The molecule has 1 aliphatic heterocycles. The Labute approximate surface area is 115 Å². The van der Waals surface area contributed by atoms with E-state index >= 15 is 0 Å². The van der Waals surface area contributed by atoms with Crippen LogP contribution in [0, 0.1) is 0 Å². The molecule has 18 heavy (non-hydrogen) atoms. The zero-order valence-corrected chi connectivity index (χ0v) is 12.1. The van der Waals surface area contributed by atoms with E-state index in [4.69, 9.17) is 5.73 Å². The molecule has 0 aliphatic carbocycles. The first-order valence-corrected chi connectivity index (χ1v) is 7.97. The maximum absolute atomic E-state index is 6.05. The second-order valence-corrected chi connectivity index (χ2v) is 6.51. The maximum atomic E-state index is 6.05. The molecular formula is C15H24N2S. The Kier molecular flexibility index (Phi) is 5.10.